The monoisotopic (exact) mass is 495 g/mol. The van der Waals surface area contributed by atoms with Gasteiger partial charge in [0.1, 0.15) is 5.75 Å². The second-order valence-electron chi connectivity index (χ2n) is 8.49. The minimum absolute atomic E-state index is 0.142. The number of anilines is 1. The summed E-state index contributed by atoms with van der Waals surface area (Å²) in [4.78, 5) is 24.5. The number of nitrogens with one attached hydrogen (secondary N) is 2. The molecule has 0 bridgehead atoms. The van der Waals surface area contributed by atoms with Crippen molar-refractivity contribution < 1.29 is 22.7 Å². The third kappa shape index (κ3) is 5.63. The number of fused-ring (bicyclic) bond motifs is 1. The maximum absolute atomic E-state index is 13.1. The van der Waals surface area contributed by atoms with Crippen LogP contribution in [0.1, 0.15) is 37.0 Å². The number of benzene rings is 3. The lowest BCUT2D eigenvalue weighted by Crippen LogP contribution is -2.46. The molecule has 3 aromatic carbocycles. The zero-order chi connectivity index (χ0) is 25.0. The molecule has 0 aromatic heterocycles. The first-order chi connectivity index (χ1) is 16.8. The Hall–Kier alpha value is -3.43. The molecule has 0 radical (unpaired) electrons. The molecule has 0 unspecified atom stereocenters. The van der Waals surface area contributed by atoms with Gasteiger partial charge in [0.25, 0.3) is 5.91 Å². The normalized spacial score (nSPS) is 15.0. The van der Waals surface area contributed by atoms with Crippen molar-refractivity contribution in [3.63, 3.8) is 0 Å². The van der Waals surface area contributed by atoms with E-state index in [1.165, 1.54) is 23.4 Å². The van der Waals surface area contributed by atoms with E-state index in [0.717, 1.165) is 10.8 Å². The molecule has 2 N–H and O–H groups in total. The Labute approximate surface area is 205 Å². The summed E-state index contributed by atoms with van der Waals surface area (Å²) in [5, 5.41) is 7.63. The number of piperidine rings is 1. The molecule has 184 valence electrons. The van der Waals surface area contributed by atoms with Crippen LogP contribution < -0.4 is 15.4 Å². The number of carbonyl (C=O) groups is 2. The predicted octanol–water partition coefficient (Wildman–Crippen LogP) is 3.78. The molecule has 1 fully saturated rings. The van der Waals surface area contributed by atoms with E-state index in [0.29, 0.717) is 49.5 Å². The van der Waals surface area contributed by atoms with Gasteiger partial charge in [-0.05, 0) is 66.9 Å². The van der Waals surface area contributed by atoms with Crippen LogP contribution in [0.5, 0.6) is 5.75 Å². The summed E-state index contributed by atoms with van der Waals surface area (Å²) >= 11 is 0. The van der Waals surface area contributed by atoms with Crippen molar-refractivity contribution in [2.24, 2.45) is 0 Å². The summed E-state index contributed by atoms with van der Waals surface area (Å²) in [5.74, 6) is 0.0855. The lowest BCUT2D eigenvalue weighted by molar-refractivity contribution is -0.114. The zero-order valence-corrected chi connectivity index (χ0v) is 20.6. The Morgan fingerprint density at radius 1 is 1.00 bits per heavy atom. The number of sulfonamides is 1. The van der Waals surface area contributed by atoms with Crippen molar-refractivity contribution in [1.29, 1.82) is 0 Å². The standard InChI is InChI=1S/C26H29N3O5S/c1-3-34-25-17-20-7-5-4-6-19(20)16-24(25)26(31)28-22-12-14-29(15-13-22)35(32,33)23-10-8-21(9-11-23)27-18(2)30/h4-11,16-17,22H,3,12-15H2,1-2H3,(H,27,30)(H,28,31). The highest BCUT2D eigenvalue weighted by molar-refractivity contribution is 7.89. The fraction of sp³-hybridized carbons (Fsp3) is 0.308. The van der Waals surface area contributed by atoms with Crippen molar-refractivity contribution >= 4 is 38.3 Å². The van der Waals surface area contributed by atoms with Crippen LogP contribution in [0.3, 0.4) is 0 Å². The third-order valence-corrected chi connectivity index (χ3v) is 7.91. The van der Waals surface area contributed by atoms with E-state index in [9.17, 15) is 18.0 Å². The molecule has 0 spiro atoms. The molecule has 4 rings (SSSR count). The molecule has 1 aliphatic rings. The summed E-state index contributed by atoms with van der Waals surface area (Å²) in [5.41, 5.74) is 1.01. The van der Waals surface area contributed by atoms with Gasteiger partial charge in [-0.3, -0.25) is 9.59 Å². The molecule has 0 saturated carbocycles. The smallest absolute Gasteiger partial charge is 0.255 e. The van der Waals surface area contributed by atoms with Crippen LogP contribution in [0.25, 0.3) is 10.8 Å². The summed E-state index contributed by atoms with van der Waals surface area (Å²) in [6, 6.07) is 17.5. The van der Waals surface area contributed by atoms with Gasteiger partial charge >= 0.3 is 0 Å². The van der Waals surface area contributed by atoms with Gasteiger partial charge in [-0.1, -0.05) is 24.3 Å². The van der Waals surface area contributed by atoms with Gasteiger partial charge in [0.05, 0.1) is 17.1 Å². The highest BCUT2D eigenvalue weighted by atomic mass is 32.2. The van der Waals surface area contributed by atoms with Crippen molar-refractivity contribution in [3.05, 3.63) is 66.2 Å². The summed E-state index contributed by atoms with van der Waals surface area (Å²) in [7, 11) is -3.66. The fourth-order valence-electron chi connectivity index (χ4n) is 4.24. The van der Waals surface area contributed by atoms with Crippen LogP contribution >= 0.6 is 0 Å². The maximum atomic E-state index is 13.1. The average Bonchev–Trinajstić information content (AvgIpc) is 2.84. The van der Waals surface area contributed by atoms with E-state index < -0.39 is 10.0 Å². The molecule has 0 aliphatic carbocycles. The molecule has 8 nitrogen and oxygen atoms in total. The van der Waals surface area contributed by atoms with Crippen molar-refractivity contribution in [2.45, 2.75) is 37.6 Å². The van der Waals surface area contributed by atoms with E-state index in [1.807, 2.05) is 43.3 Å². The molecule has 1 aliphatic heterocycles. The van der Waals surface area contributed by atoms with E-state index >= 15 is 0 Å². The number of carbonyl (C=O) groups excluding carboxylic acids is 2. The van der Waals surface area contributed by atoms with Gasteiger partial charge in [0, 0.05) is 31.7 Å². The minimum Gasteiger partial charge on any atom is -0.493 e. The number of amides is 2. The van der Waals surface area contributed by atoms with Gasteiger partial charge in [0.15, 0.2) is 0 Å². The lowest BCUT2D eigenvalue weighted by Gasteiger charge is -2.31. The summed E-state index contributed by atoms with van der Waals surface area (Å²) in [6.45, 7) is 4.32. The lowest BCUT2D eigenvalue weighted by atomic mass is 10.0. The predicted molar refractivity (Wildman–Crippen MR) is 135 cm³/mol. The van der Waals surface area contributed by atoms with Crippen LogP contribution in [-0.4, -0.2) is 50.3 Å². The fourth-order valence-corrected chi connectivity index (χ4v) is 5.71. The van der Waals surface area contributed by atoms with E-state index in [1.54, 1.807) is 12.1 Å². The second kappa shape index (κ2) is 10.5. The van der Waals surface area contributed by atoms with E-state index in [4.69, 9.17) is 4.74 Å². The molecule has 1 heterocycles. The quantitative estimate of drug-likeness (QED) is 0.519. The van der Waals surface area contributed by atoms with Crippen LogP contribution in [0.15, 0.2) is 65.6 Å². The first-order valence-corrected chi connectivity index (χ1v) is 13.1. The minimum atomic E-state index is -3.66. The van der Waals surface area contributed by atoms with Gasteiger partial charge in [-0.2, -0.15) is 4.31 Å². The summed E-state index contributed by atoms with van der Waals surface area (Å²) in [6.07, 6.45) is 1.01. The van der Waals surface area contributed by atoms with Crippen molar-refractivity contribution in [1.82, 2.24) is 9.62 Å². The molecule has 35 heavy (non-hydrogen) atoms. The summed E-state index contributed by atoms with van der Waals surface area (Å²) < 4.78 is 33.3. The molecule has 9 heteroatoms. The average molecular weight is 496 g/mol. The first-order valence-electron chi connectivity index (χ1n) is 11.6. The van der Waals surface area contributed by atoms with Gasteiger partial charge in [0.2, 0.25) is 15.9 Å². The van der Waals surface area contributed by atoms with Crippen LogP contribution in [0.2, 0.25) is 0 Å². The molecule has 1 saturated heterocycles. The molecular formula is C26H29N3O5S. The Balaban J connectivity index is 1.41. The van der Waals surface area contributed by atoms with E-state index in [2.05, 4.69) is 10.6 Å². The molecule has 0 atom stereocenters. The second-order valence-corrected chi connectivity index (χ2v) is 10.4. The molecule has 3 aromatic rings. The SMILES string of the molecule is CCOc1cc2ccccc2cc1C(=O)NC1CCN(S(=O)(=O)c2ccc(NC(C)=O)cc2)CC1. The zero-order valence-electron chi connectivity index (χ0n) is 19.8. The highest BCUT2D eigenvalue weighted by Gasteiger charge is 2.30. The Morgan fingerprint density at radius 3 is 2.23 bits per heavy atom. The van der Waals surface area contributed by atoms with Crippen LogP contribution in [0.4, 0.5) is 5.69 Å². The third-order valence-electron chi connectivity index (χ3n) is 5.99. The van der Waals surface area contributed by atoms with Gasteiger partial charge in [-0.15, -0.1) is 0 Å². The molecular weight excluding hydrogens is 466 g/mol. The largest absolute Gasteiger partial charge is 0.493 e. The van der Waals surface area contributed by atoms with Gasteiger partial charge in [-0.25, -0.2) is 8.42 Å². The Morgan fingerprint density at radius 2 is 1.63 bits per heavy atom. The maximum Gasteiger partial charge on any atom is 0.255 e. The Kier molecular flexibility index (Phi) is 7.37. The first kappa shape index (κ1) is 24.7. The van der Waals surface area contributed by atoms with Crippen LogP contribution in [-0.2, 0) is 14.8 Å². The number of hydrogen-bond donors (Lipinski definition) is 2. The topological polar surface area (TPSA) is 105 Å². The van der Waals surface area contributed by atoms with Gasteiger partial charge < -0.3 is 15.4 Å². The van der Waals surface area contributed by atoms with Crippen molar-refractivity contribution in [2.75, 3.05) is 25.0 Å². The number of nitrogens with zero attached hydrogens (tertiary/aromatic N) is 1. The van der Waals surface area contributed by atoms with Crippen LogP contribution in [0, 0.1) is 0 Å². The highest BCUT2D eigenvalue weighted by Crippen LogP contribution is 2.27. The number of ether oxygens (including phenoxy) is 1. The number of rotatable bonds is 7. The van der Waals surface area contributed by atoms with E-state index in [-0.39, 0.29) is 22.8 Å². The Bertz CT molecular complexity index is 1330. The van der Waals surface area contributed by atoms with Crippen molar-refractivity contribution in [3.8, 4) is 5.75 Å². The molecule has 2 amide bonds. The number of hydrogen-bond acceptors (Lipinski definition) is 5.